The summed E-state index contributed by atoms with van der Waals surface area (Å²) in [6, 6.07) is 23.3. The van der Waals surface area contributed by atoms with E-state index in [1.54, 1.807) is 50.4 Å². The molecule has 1 N–H and O–H groups in total. The highest BCUT2D eigenvalue weighted by atomic mass is 16.6. The Bertz CT molecular complexity index is 1260. The van der Waals surface area contributed by atoms with Crippen LogP contribution in [0.25, 0.3) is 0 Å². The van der Waals surface area contributed by atoms with Gasteiger partial charge in [0.1, 0.15) is 17.5 Å². The van der Waals surface area contributed by atoms with Crippen LogP contribution in [-0.2, 0) is 22.6 Å². The summed E-state index contributed by atoms with van der Waals surface area (Å²) in [7, 11) is 4.83. The normalized spacial score (nSPS) is 13.2. The molecule has 8 nitrogen and oxygen atoms in total. The number of hydrogen-bond acceptors (Lipinski definition) is 5. The van der Waals surface area contributed by atoms with E-state index in [-0.39, 0.29) is 24.3 Å². The lowest BCUT2D eigenvalue weighted by atomic mass is 10.0. The number of benzene rings is 3. The maximum Gasteiger partial charge on any atom is 0.414 e. The molecule has 1 aliphatic carbocycles. The van der Waals surface area contributed by atoms with Gasteiger partial charge in [0.2, 0.25) is 11.8 Å². The van der Waals surface area contributed by atoms with Crippen LogP contribution in [0.5, 0.6) is 11.5 Å². The number of carbonyl (C=O) groups is 3. The van der Waals surface area contributed by atoms with E-state index in [0.29, 0.717) is 24.3 Å². The first-order valence-electron chi connectivity index (χ1n) is 13.1. The molecule has 0 heterocycles. The number of hydrogen-bond donors (Lipinski definition) is 1. The lowest BCUT2D eigenvalue weighted by molar-refractivity contribution is -0.141. The number of amides is 3. The molecule has 1 atom stereocenters. The van der Waals surface area contributed by atoms with Crippen molar-refractivity contribution < 1.29 is 23.9 Å². The van der Waals surface area contributed by atoms with Crippen LogP contribution in [0.2, 0.25) is 0 Å². The molecule has 1 aliphatic rings. The fourth-order valence-corrected chi connectivity index (χ4v) is 4.31. The third kappa shape index (κ3) is 7.60. The summed E-state index contributed by atoms with van der Waals surface area (Å²) in [5.74, 6) is 0.808. The first kappa shape index (κ1) is 27.7. The Morgan fingerprint density at radius 2 is 1.51 bits per heavy atom. The molecule has 204 valence electrons. The van der Waals surface area contributed by atoms with E-state index in [2.05, 4.69) is 5.32 Å². The van der Waals surface area contributed by atoms with Crippen molar-refractivity contribution in [1.82, 2.24) is 15.1 Å². The zero-order chi connectivity index (χ0) is 27.8. The molecule has 3 aromatic rings. The van der Waals surface area contributed by atoms with Gasteiger partial charge in [-0.3, -0.25) is 9.59 Å². The van der Waals surface area contributed by atoms with E-state index in [0.717, 1.165) is 29.7 Å². The van der Waals surface area contributed by atoms with E-state index in [9.17, 15) is 14.4 Å². The highest BCUT2D eigenvalue weighted by Gasteiger charge is 2.41. The molecular weight excluding hydrogens is 494 g/mol. The van der Waals surface area contributed by atoms with Crippen molar-refractivity contribution in [2.75, 3.05) is 21.2 Å². The summed E-state index contributed by atoms with van der Waals surface area (Å²) in [6.45, 7) is 0.354. The van der Waals surface area contributed by atoms with Gasteiger partial charge in [-0.2, -0.15) is 0 Å². The average Bonchev–Trinajstić information content (AvgIpc) is 3.80. The van der Waals surface area contributed by atoms with Crippen molar-refractivity contribution in [3.63, 3.8) is 0 Å². The second-order valence-corrected chi connectivity index (χ2v) is 9.82. The molecule has 3 amide bonds. The number of ether oxygens (including phenoxy) is 2. The zero-order valence-corrected chi connectivity index (χ0v) is 22.6. The van der Waals surface area contributed by atoms with Crippen LogP contribution in [-0.4, -0.2) is 55.0 Å². The van der Waals surface area contributed by atoms with Crippen molar-refractivity contribution in [3.8, 4) is 11.5 Å². The van der Waals surface area contributed by atoms with Gasteiger partial charge in [0.15, 0.2) is 0 Å². The fraction of sp³-hybridized carbons (Fsp3) is 0.323. The summed E-state index contributed by atoms with van der Waals surface area (Å²) in [5, 5.41) is 3.02. The minimum absolute atomic E-state index is 0.00656. The molecule has 1 unspecified atom stereocenters. The fourth-order valence-electron chi connectivity index (χ4n) is 4.31. The van der Waals surface area contributed by atoms with Gasteiger partial charge in [0, 0.05) is 33.1 Å². The monoisotopic (exact) mass is 529 g/mol. The van der Waals surface area contributed by atoms with Crippen molar-refractivity contribution >= 4 is 17.9 Å². The molecule has 39 heavy (non-hydrogen) atoms. The highest BCUT2D eigenvalue weighted by Crippen LogP contribution is 2.36. The van der Waals surface area contributed by atoms with Crippen LogP contribution in [0, 0.1) is 0 Å². The number of rotatable bonds is 11. The lowest BCUT2D eigenvalue weighted by Gasteiger charge is -2.32. The molecule has 3 aromatic carbocycles. The van der Waals surface area contributed by atoms with Crippen LogP contribution in [0.4, 0.5) is 4.79 Å². The van der Waals surface area contributed by atoms with E-state index in [4.69, 9.17) is 9.47 Å². The van der Waals surface area contributed by atoms with E-state index < -0.39 is 12.1 Å². The second kappa shape index (κ2) is 13.0. The Kier molecular flexibility index (Phi) is 9.20. The van der Waals surface area contributed by atoms with Gasteiger partial charge in [-0.05, 0) is 60.2 Å². The van der Waals surface area contributed by atoms with Crippen LogP contribution in [0.15, 0.2) is 78.9 Å². The van der Waals surface area contributed by atoms with Crippen molar-refractivity contribution in [2.24, 2.45) is 0 Å². The second-order valence-electron chi connectivity index (χ2n) is 9.82. The van der Waals surface area contributed by atoms with Gasteiger partial charge in [-0.25, -0.2) is 4.79 Å². The molecule has 1 saturated carbocycles. The highest BCUT2D eigenvalue weighted by molar-refractivity contribution is 5.89. The molecule has 4 rings (SSSR count). The van der Waals surface area contributed by atoms with E-state index in [1.807, 2.05) is 54.6 Å². The number of methoxy groups -OCH3 is 1. The maximum atomic E-state index is 13.7. The third-order valence-corrected chi connectivity index (χ3v) is 6.62. The molecule has 0 saturated heterocycles. The Morgan fingerprint density at radius 3 is 2.10 bits per heavy atom. The molecule has 8 heteroatoms. The van der Waals surface area contributed by atoms with Crippen LogP contribution < -0.4 is 14.8 Å². The number of aryl methyl sites for hydroxylation is 1. The topological polar surface area (TPSA) is 88.2 Å². The lowest BCUT2D eigenvalue weighted by Crippen LogP contribution is -2.45. The maximum absolute atomic E-state index is 13.7. The van der Waals surface area contributed by atoms with Gasteiger partial charge in [0.05, 0.1) is 7.11 Å². The Balaban J connectivity index is 1.55. The molecule has 1 fully saturated rings. The van der Waals surface area contributed by atoms with Crippen LogP contribution in [0.1, 0.15) is 42.0 Å². The molecule has 0 radical (unpaired) electrons. The van der Waals surface area contributed by atoms with Gasteiger partial charge < -0.3 is 24.6 Å². The van der Waals surface area contributed by atoms with Gasteiger partial charge in [-0.15, -0.1) is 0 Å². The Hall–Kier alpha value is -4.33. The van der Waals surface area contributed by atoms with Crippen molar-refractivity contribution in [2.45, 2.75) is 44.3 Å². The minimum Gasteiger partial charge on any atom is -0.497 e. The van der Waals surface area contributed by atoms with E-state index >= 15 is 0 Å². The molecular formula is C31H35N3O5. The Morgan fingerprint density at radius 1 is 0.872 bits per heavy atom. The summed E-state index contributed by atoms with van der Waals surface area (Å²) in [6.07, 6.45) is 2.06. The predicted molar refractivity (Wildman–Crippen MR) is 148 cm³/mol. The number of nitrogens with zero attached hydrogens (tertiary/aromatic N) is 2. The van der Waals surface area contributed by atoms with Gasteiger partial charge in [0.25, 0.3) is 0 Å². The number of carbonyl (C=O) groups excluding carboxylic acids is 3. The summed E-state index contributed by atoms with van der Waals surface area (Å²) >= 11 is 0. The van der Waals surface area contributed by atoms with E-state index in [1.165, 1.54) is 4.90 Å². The summed E-state index contributed by atoms with van der Waals surface area (Å²) < 4.78 is 10.6. The largest absolute Gasteiger partial charge is 0.497 e. The van der Waals surface area contributed by atoms with Crippen LogP contribution >= 0.6 is 0 Å². The smallest absolute Gasteiger partial charge is 0.414 e. The first-order chi connectivity index (χ1) is 18.9. The summed E-state index contributed by atoms with van der Waals surface area (Å²) in [4.78, 5) is 42.4. The molecule has 0 bridgehead atoms. The van der Waals surface area contributed by atoms with Crippen LogP contribution in [0.3, 0.4) is 0 Å². The zero-order valence-electron chi connectivity index (χ0n) is 22.6. The van der Waals surface area contributed by atoms with Crippen molar-refractivity contribution in [3.05, 3.63) is 95.6 Å². The SMILES string of the molecule is COc1ccc(CCC(=O)N(C2CC2)C(C(=O)NCc2ccccc2)c2ccc(OC(=O)N(C)C)cc2)cc1. The molecule has 0 aromatic heterocycles. The van der Waals surface area contributed by atoms with Gasteiger partial charge in [-0.1, -0.05) is 54.6 Å². The van der Waals surface area contributed by atoms with Gasteiger partial charge >= 0.3 is 6.09 Å². The first-order valence-corrected chi connectivity index (χ1v) is 13.1. The summed E-state index contributed by atoms with van der Waals surface area (Å²) in [5.41, 5.74) is 2.66. The minimum atomic E-state index is -0.803. The quantitative estimate of drug-likeness (QED) is 0.388. The third-order valence-electron chi connectivity index (χ3n) is 6.62. The molecule has 0 aliphatic heterocycles. The predicted octanol–water partition coefficient (Wildman–Crippen LogP) is 4.74. The van der Waals surface area contributed by atoms with Crippen molar-refractivity contribution in [1.29, 1.82) is 0 Å². The average molecular weight is 530 g/mol. The number of nitrogens with one attached hydrogen (secondary N) is 1. The standard InChI is InChI=1S/C31H35N3O5/c1-33(2)31(37)39-27-18-12-24(13-19-27)29(30(36)32-21-23-7-5-4-6-8-23)34(25-14-15-25)28(35)20-11-22-9-16-26(38-3)17-10-22/h4-10,12-13,16-19,25,29H,11,14-15,20-21H2,1-3H3,(H,32,36). The molecule has 0 spiro atoms. The Labute approximate surface area is 229 Å².